The van der Waals surface area contributed by atoms with Gasteiger partial charge in [-0.25, -0.2) is 0 Å². The summed E-state index contributed by atoms with van der Waals surface area (Å²) in [5.74, 6) is 2.84. The Kier molecular flexibility index (Phi) is 4.28. The Hall–Kier alpha value is -0.340. The second-order valence-electron chi connectivity index (χ2n) is 10.4. The number of hydrogen-bond acceptors (Lipinski definition) is 2. The summed E-state index contributed by atoms with van der Waals surface area (Å²) < 4.78 is 0. The first kappa shape index (κ1) is 16.8. The first-order valence-corrected chi connectivity index (χ1v) is 11.3. The van der Waals surface area contributed by atoms with Gasteiger partial charge in [0.2, 0.25) is 0 Å². The Labute approximate surface area is 155 Å². The number of piperazine rings is 1. The van der Waals surface area contributed by atoms with Crippen LogP contribution in [0.2, 0.25) is 0 Å². The van der Waals surface area contributed by atoms with Crippen LogP contribution < -0.4 is 0 Å². The molecule has 0 aromatic carbocycles. The summed E-state index contributed by atoms with van der Waals surface area (Å²) in [5, 5.41) is 0. The third kappa shape index (κ3) is 2.74. The molecule has 6 aliphatic rings. The molecule has 2 unspecified atom stereocenters. The molecule has 4 aliphatic carbocycles. The van der Waals surface area contributed by atoms with Gasteiger partial charge >= 0.3 is 0 Å². The van der Waals surface area contributed by atoms with E-state index in [0.717, 1.165) is 29.8 Å². The summed E-state index contributed by atoms with van der Waals surface area (Å²) in [7, 11) is 0. The van der Waals surface area contributed by atoms with Gasteiger partial charge in [0.05, 0.1) is 0 Å². The first-order valence-electron chi connectivity index (χ1n) is 11.3. The van der Waals surface area contributed by atoms with Gasteiger partial charge in [-0.3, -0.25) is 9.80 Å². The molecular formula is C23H38N2. The monoisotopic (exact) mass is 342 g/mol. The molecule has 2 heterocycles. The molecule has 2 saturated carbocycles. The van der Waals surface area contributed by atoms with Crippen LogP contribution in [0.4, 0.5) is 0 Å². The van der Waals surface area contributed by atoms with E-state index in [1.54, 1.807) is 0 Å². The van der Waals surface area contributed by atoms with E-state index in [4.69, 9.17) is 0 Å². The van der Waals surface area contributed by atoms with Crippen LogP contribution in [0.3, 0.4) is 0 Å². The van der Waals surface area contributed by atoms with Crippen LogP contribution in [0, 0.1) is 23.2 Å². The lowest BCUT2D eigenvalue weighted by Gasteiger charge is -2.58. The average Bonchev–Trinajstić information content (AvgIpc) is 3.11. The molecule has 0 aromatic heterocycles. The maximum atomic E-state index is 2.98. The fraction of sp³-hybridized carbons (Fsp3) is 0.913. The summed E-state index contributed by atoms with van der Waals surface area (Å²) in [4.78, 5) is 5.83. The topological polar surface area (TPSA) is 6.48 Å². The number of nitrogens with zero attached hydrogens (tertiary/aromatic N) is 2. The standard InChI is InChI=1S/C23H38N2/c1-23(2)19-11-10-18(20(23)15-19)16-25-14-13-24-12-6-9-21(24)22(25)17-7-4-3-5-8-17/h10,17,19-22H,3-9,11-16H2,1-2H3/t19-,20-,21?,22?/m1/s1. The largest absolute Gasteiger partial charge is 0.298 e. The van der Waals surface area contributed by atoms with Crippen molar-refractivity contribution in [1.29, 1.82) is 0 Å². The summed E-state index contributed by atoms with van der Waals surface area (Å²) in [6, 6.07) is 1.74. The van der Waals surface area contributed by atoms with Gasteiger partial charge in [0, 0.05) is 31.7 Å². The van der Waals surface area contributed by atoms with Gasteiger partial charge < -0.3 is 0 Å². The van der Waals surface area contributed by atoms with E-state index in [1.807, 2.05) is 5.57 Å². The highest BCUT2D eigenvalue weighted by atomic mass is 15.3. The Balaban J connectivity index is 1.36. The van der Waals surface area contributed by atoms with E-state index in [1.165, 1.54) is 84.0 Å². The highest BCUT2D eigenvalue weighted by molar-refractivity contribution is 5.25. The Morgan fingerprint density at radius 2 is 1.84 bits per heavy atom. The fourth-order valence-corrected chi connectivity index (χ4v) is 7.33. The number of rotatable bonds is 3. The molecule has 2 nitrogen and oxygen atoms in total. The summed E-state index contributed by atoms with van der Waals surface area (Å²) in [6.07, 6.45) is 15.9. The maximum Gasteiger partial charge on any atom is 0.0283 e. The number of hydrogen-bond donors (Lipinski definition) is 0. The molecule has 140 valence electrons. The summed E-state index contributed by atoms with van der Waals surface area (Å²) in [6.45, 7) is 10.4. The Morgan fingerprint density at radius 1 is 1.00 bits per heavy atom. The predicted octanol–water partition coefficient (Wildman–Crippen LogP) is 4.71. The molecule has 2 heteroatoms. The van der Waals surface area contributed by atoms with E-state index in [0.29, 0.717) is 5.41 Å². The van der Waals surface area contributed by atoms with Gasteiger partial charge in [0.25, 0.3) is 0 Å². The van der Waals surface area contributed by atoms with Crippen molar-refractivity contribution in [2.24, 2.45) is 23.2 Å². The van der Waals surface area contributed by atoms with Crippen molar-refractivity contribution >= 4 is 0 Å². The summed E-state index contributed by atoms with van der Waals surface area (Å²) >= 11 is 0. The van der Waals surface area contributed by atoms with Crippen LogP contribution >= 0.6 is 0 Å². The molecule has 2 bridgehead atoms. The highest BCUT2D eigenvalue weighted by Gasteiger charge is 2.52. The normalized spacial score (nSPS) is 41.9. The molecule has 6 rings (SSSR count). The van der Waals surface area contributed by atoms with Crippen molar-refractivity contribution in [2.75, 3.05) is 26.2 Å². The van der Waals surface area contributed by atoms with Crippen LogP contribution in [0.1, 0.15) is 71.6 Å². The van der Waals surface area contributed by atoms with Crippen LogP contribution in [0.5, 0.6) is 0 Å². The van der Waals surface area contributed by atoms with Crippen LogP contribution in [0.25, 0.3) is 0 Å². The van der Waals surface area contributed by atoms with Crippen LogP contribution in [-0.4, -0.2) is 48.1 Å². The smallest absolute Gasteiger partial charge is 0.0283 e. The van der Waals surface area contributed by atoms with Gasteiger partial charge in [0.15, 0.2) is 0 Å². The van der Waals surface area contributed by atoms with E-state index in [2.05, 4.69) is 29.7 Å². The minimum Gasteiger partial charge on any atom is -0.298 e. The van der Waals surface area contributed by atoms with Gasteiger partial charge in [-0.15, -0.1) is 0 Å². The molecular weight excluding hydrogens is 304 g/mol. The molecule has 0 spiro atoms. The minimum atomic E-state index is 0.583. The van der Waals surface area contributed by atoms with Crippen LogP contribution in [-0.2, 0) is 0 Å². The second kappa shape index (κ2) is 6.37. The quantitative estimate of drug-likeness (QED) is 0.686. The zero-order valence-electron chi connectivity index (χ0n) is 16.6. The van der Waals surface area contributed by atoms with Crippen molar-refractivity contribution < 1.29 is 0 Å². The average molecular weight is 343 g/mol. The number of fused-ring (bicyclic) bond motifs is 2. The molecule has 4 fully saturated rings. The number of allylic oxidation sites excluding steroid dienone is 1. The van der Waals surface area contributed by atoms with E-state index < -0.39 is 0 Å². The molecule has 0 amide bonds. The molecule has 4 atom stereocenters. The lowest BCUT2D eigenvalue weighted by Crippen LogP contribution is -2.61. The lowest BCUT2D eigenvalue weighted by atomic mass is 9.49. The van der Waals surface area contributed by atoms with Crippen molar-refractivity contribution in [3.05, 3.63) is 11.6 Å². The SMILES string of the molecule is CC1(C)[C@@H]2CC=C(CN3CCN4CCCC4C3C3CCCCC3)[C@H]1C2. The second-order valence-corrected chi connectivity index (χ2v) is 10.4. The van der Waals surface area contributed by atoms with Crippen molar-refractivity contribution in [1.82, 2.24) is 9.80 Å². The summed E-state index contributed by atoms with van der Waals surface area (Å²) in [5.41, 5.74) is 2.40. The first-order chi connectivity index (χ1) is 12.1. The van der Waals surface area contributed by atoms with Crippen molar-refractivity contribution in [3.8, 4) is 0 Å². The van der Waals surface area contributed by atoms with Gasteiger partial charge in [-0.2, -0.15) is 0 Å². The van der Waals surface area contributed by atoms with E-state index in [-0.39, 0.29) is 0 Å². The highest BCUT2D eigenvalue weighted by Crippen LogP contribution is 2.59. The Bertz CT molecular complexity index is 530. The lowest BCUT2D eigenvalue weighted by molar-refractivity contribution is -0.0268. The van der Waals surface area contributed by atoms with E-state index in [9.17, 15) is 0 Å². The van der Waals surface area contributed by atoms with Gasteiger partial charge in [-0.1, -0.05) is 44.8 Å². The Morgan fingerprint density at radius 3 is 2.60 bits per heavy atom. The fourth-order valence-electron chi connectivity index (χ4n) is 7.33. The van der Waals surface area contributed by atoms with E-state index >= 15 is 0 Å². The zero-order chi connectivity index (χ0) is 17.0. The molecule has 0 aromatic rings. The zero-order valence-corrected chi connectivity index (χ0v) is 16.6. The van der Waals surface area contributed by atoms with Crippen molar-refractivity contribution in [2.45, 2.75) is 83.7 Å². The molecule has 2 aliphatic heterocycles. The minimum absolute atomic E-state index is 0.583. The maximum absolute atomic E-state index is 2.98. The third-order valence-electron chi connectivity index (χ3n) is 9.01. The third-order valence-corrected chi connectivity index (χ3v) is 9.01. The molecule has 25 heavy (non-hydrogen) atoms. The molecule has 2 saturated heterocycles. The van der Waals surface area contributed by atoms with Crippen molar-refractivity contribution in [3.63, 3.8) is 0 Å². The molecule has 0 N–H and O–H groups in total. The van der Waals surface area contributed by atoms with Crippen LogP contribution in [0.15, 0.2) is 11.6 Å². The van der Waals surface area contributed by atoms with Gasteiger partial charge in [0.1, 0.15) is 0 Å². The molecule has 0 radical (unpaired) electrons. The van der Waals surface area contributed by atoms with Gasteiger partial charge in [-0.05, 0) is 68.2 Å². The predicted molar refractivity (Wildman–Crippen MR) is 105 cm³/mol.